The summed E-state index contributed by atoms with van der Waals surface area (Å²) in [5.74, 6) is -0.501. The summed E-state index contributed by atoms with van der Waals surface area (Å²) >= 11 is 9.04. The monoisotopic (exact) mass is 305 g/mol. The van der Waals surface area contributed by atoms with Crippen molar-refractivity contribution in [3.05, 3.63) is 27.7 Å². The Labute approximate surface area is 105 Å². The number of hydrogen-bond donors (Lipinski definition) is 3. The van der Waals surface area contributed by atoms with Gasteiger partial charge in [0.2, 0.25) is 5.91 Å². The number of carbonyl (C=O) groups is 2. The summed E-state index contributed by atoms with van der Waals surface area (Å²) < 4.78 is 0.717. The molecule has 0 fully saturated rings. The highest BCUT2D eigenvalue weighted by molar-refractivity contribution is 9.10. The zero-order chi connectivity index (χ0) is 12.1. The van der Waals surface area contributed by atoms with Crippen LogP contribution in [-0.2, 0) is 4.79 Å². The standard InChI is InChI=1S/C9H9BrClN3O2/c10-6-3-5(1-2-7(6)11)13-4-8(15)14-9(12)16/h1-3,13H,4H2,(H3,12,14,15,16). The van der Waals surface area contributed by atoms with Crippen molar-refractivity contribution < 1.29 is 9.59 Å². The van der Waals surface area contributed by atoms with E-state index in [0.29, 0.717) is 10.7 Å². The average molecular weight is 307 g/mol. The molecule has 0 bridgehead atoms. The number of primary amides is 1. The Morgan fingerprint density at radius 1 is 1.44 bits per heavy atom. The molecule has 0 saturated carbocycles. The second kappa shape index (κ2) is 5.72. The summed E-state index contributed by atoms with van der Waals surface area (Å²) in [5, 5.41) is 5.32. The zero-order valence-corrected chi connectivity index (χ0v) is 10.4. The first-order valence-electron chi connectivity index (χ1n) is 4.27. The summed E-state index contributed by atoms with van der Waals surface area (Å²) in [6, 6.07) is 4.24. The van der Waals surface area contributed by atoms with Gasteiger partial charge in [0.1, 0.15) is 0 Å². The minimum absolute atomic E-state index is 0.0446. The number of hydrogen-bond acceptors (Lipinski definition) is 3. The first-order chi connectivity index (χ1) is 7.49. The van der Waals surface area contributed by atoms with E-state index in [1.807, 2.05) is 5.32 Å². The molecule has 0 spiro atoms. The van der Waals surface area contributed by atoms with Gasteiger partial charge in [-0.1, -0.05) is 11.6 Å². The second-order valence-electron chi connectivity index (χ2n) is 2.89. The number of urea groups is 1. The topological polar surface area (TPSA) is 84.2 Å². The first-order valence-corrected chi connectivity index (χ1v) is 5.44. The maximum absolute atomic E-state index is 11.1. The van der Waals surface area contributed by atoms with Gasteiger partial charge in [-0.15, -0.1) is 0 Å². The molecular weight excluding hydrogens is 297 g/mol. The van der Waals surface area contributed by atoms with Gasteiger partial charge in [-0.25, -0.2) is 4.79 Å². The molecule has 3 amide bonds. The van der Waals surface area contributed by atoms with Gasteiger partial charge in [0.15, 0.2) is 0 Å². The molecule has 16 heavy (non-hydrogen) atoms. The van der Waals surface area contributed by atoms with Crippen LogP contribution in [0, 0.1) is 0 Å². The van der Waals surface area contributed by atoms with E-state index in [9.17, 15) is 9.59 Å². The smallest absolute Gasteiger partial charge is 0.318 e. The predicted molar refractivity (Wildman–Crippen MR) is 65.4 cm³/mol. The maximum Gasteiger partial charge on any atom is 0.318 e. The molecular formula is C9H9BrClN3O2. The Balaban J connectivity index is 2.51. The van der Waals surface area contributed by atoms with Crippen LogP contribution in [-0.4, -0.2) is 18.5 Å². The van der Waals surface area contributed by atoms with E-state index in [1.165, 1.54) is 0 Å². The van der Waals surface area contributed by atoms with Crippen molar-refractivity contribution in [1.82, 2.24) is 5.32 Å². The van der Waals surface area contributed by atoms with Crippen LogP contribution >= 0.6 is 27.5 Å². The number of nitrogens with two attached hydrogens (primary N) is 1. The largest absolute Gasteiger partial charge is 0.376 e. The van der Waals surface area contributed by atoms with Crippen LogP contribution in [0.3, 0.4) is 0 Å². The lowest BCUT2D eigenvalue weighted by Gasteiger charge is -2.06. The molecule has 7 heteroatoms. The SMILES string of the molecule is NC(=O)NC(=O)CNc1ccc(Cl)c(Br)c1. The van der Waals surface area contributed by atoms with Gasteiger partial charge in [-0.3, -0.25) is 10.1 Å². The molecule has 0 atom stereocenters. The fourth-order valence-electron chi connectivity index (χ4n) is 0.970. The molecule has 0 aliphatic rings. The molecule has 0 unspecified atom stereocenters. The third-order valence-corrected chi connectivity index (χ3v) is 2.85. The molecule has 0 aromatic heterocycles. The number of nitrogens with one attached hydrogen (secondary N) is 2. The summed E-state index contributed by atoms with van der Waals surface area (Å²) in [4.78, 5) is 21.4. The molecule has 1 aromatic carbocycles. The Kier molecular flexibility index (Phi) is 4.57. The number of amides is 3. The number of anilines is 1. The molecule has 0 aliphatic carbocycles. The van der Waals surface area contributed by atoms with Crippen LogP contribution in [0.25, 0.3) is 0 Å². The highest BCUT2D eigenvalue weighted by Gasteiger charge is 2.04. The van der Waals surface area contributed by atoms with Gasteiger partial charge < -0.3 is 11.1 Å². The van der Waals surface area contributed by atoms with E-state index < -0.39 is 11.9 Å². The van der Waals surface area contributed by atoms with Gasteiger partial charge in [-0.2, -0.15) is 0 Å². The normalized spacial score (nSPS) is 9.62. The lowest BCUT2D eigenvalue weighted by Crippen LogP contribution is -2.38. The van der Waals surface area contributed by atoms with Crippen LogP contribution in [0.5, 0.6) is 0 Å². The fourth-order valence-corrected chi connectivity index (χ4v) is 1.47. The minimum Gasteiger partial charge on any atom is -0.376 e. The van der Waals surface area contributed by atoms with E-state index in [4.69, 9.17) is 17.3 Å². The van der Waals surface area contributed by atoms with Gasteiger partial charge in [-0.05, 0) is 34.1 Å². The second-order valence-corrected chi connectivity index (χ2v) is 4.16. The van der Waals surface area contributed by atoms with Crippen LogP contribution in [0.1, 0.15) is 0 Å². The van der Waals surface area contributed by atoms with Crippen molar-refractivity contribution >= 4 is 45.2 Å². The van der Waals surface area contributed by atoms with E-state index in [0.717, 1.165) is 4.47 Å². The Bertz CT molecular complexity index is 425. The highest BCUT2D eigenvalue weighted by Crippen LogP contribution is 2.25. The van der Waals surface area contributed by atoms with Crippen molar-refractivity contribution in [3.8, 4) is 0 Å². The Morgan fingerprint density at radius 2 is 2.12 bits per heavy atom. The van der Waals surface area contributed by atoms with E-state index >= 15 is 0 Å². The molecule has 0 aliphatic heterocycles. The maximum atomic E-state index is 11.1. The van der Waals surface area contributed by atoms with Gasteiger partial charge >= 0.3 is 6.03 Å². The minimum atomic E-state index is -0.871. The van der Waals surface area contributed by atoms with Crippen molar-refractivity contribution in [2.24, 2.45) is 5.73 Å². The molecule has 1 rings (SSSR count). The van der Waals surface area contributed by atoms with Crippen molar-refractivity contribution in [1.29, 1.82) is 0 Å². The summed E-state index contributed by atoms with van der Waals surface area (Å²) in [6.07, 6.45) is 0. The fraction of sp³-hybridized carbons (Fsp3) is 0.111. The molecule has 86 valence electrons. The van der Waals surface area contributed by atoms with E-state index in [-0.39, 0.29) is 6.54 Å². The lowest BCUT2D eigenvalue weighted by molar-refractivity contribution is -0.118. The van der Waals surface area contributed by atoms with Gasteiger partial charge in [0, 0.05) is 10.2 Å². The predicted octanol–water partition coefficient (Wildman–Crippen LogP) is 1.71. The highest BCUT2D eigenvalue weighted by atomic mass is 79.9. The summed E-state index contributed by atoms with van der Waals surface area (Å²) in [5.41, 5.74) is 5.49. The van der Waals surface area contributed by atoms with Crippen LogP contribution < -0.4 is 16.4 Å². The van der Waals surface area contributed by atoms with Crippen molar-refractivity contribution in [2.45, 2.75) is 0 Å². The average Bonchev–Trinajstić information content (AvgIpc) is 2.19. The quantitative estimate of drug-likeness (QED) is 0.795. The third-order valence-electron chi connectivity index (χ3n) is 1.64. The number of benzene rings is 1. The Morgan fingerprint density at radius 3 is 2.69 bits per heavy atom. The Hall–Kier alpha value is -1.27. The number of rotatable bonds is 3. The zero-order valence-electron chi connectivity index (χ0n) is 8.09. The molecule has 1 aromatic rings. The molecule has 5 nitrogen and oxygen atoms in total. The molecule has 4 N–H and O–H groups in total. The van der Waals surface area contributed by atoms with E-state index in [1.54, 1.807) is 18.2 Å². The molecule has 0 radical (unpaired) electrons. The van der Waals surface area contributed by atoms with E-state index in [2.05, 4.69) is 21.2 Å². The summed E-state index contributed by atoms with van der Waals surface area (Å²) in [6.45, 7) is -0.0446. The third kappa shape index (κ3) is 4.08. The lowest BCUT2D eigenvalue weighted by atomic mass is 10.3. The summed E-state index contributed by atoms with van der Waals surface area (Å²) in [7, 11) is 0. The molecule has 0 saturated heterocycles. The van der Waals surface area contributed by atoms with Crippen molar-refractivity contribution in [3.63, 3.8) is 0 Å². The molecule has 0 heterocycles. The first kappa shape index (κ1) is 12.8. The number of carbonyl (C=O) groups excluding carboxylic acids is 2. The number of halogens is 2. The van der Waals surface area contributed by atoms with Gasteiger partial charge in [0.05, 0.1) is 11.6 Å². The van der Waals surface area contributed by atoms with Gasteiger partial charge in [0.25, 0.3) is 0 Å². The van der Waals surface area contributed by atoms with Crippen molar-refractivity contribution in [2.75, 3.05) is 11.9 Å². The van der Waals surface area contributed by atoms with Crippen LogP contribution in [0.4, 0.5) is 10.5 Å². The number of imide groups is 1. The van der Waals surface area contributed by atoms with Crippen LogP contribution in [0.15, 0.2) is 22.7 Å². The van der Waals surface area contributed by atoms with Crippen LogP contribution in [0.2, 0.25) is 5.02 Å².